The Morgan fingerprint density at radius 3 is 2.39 bits per heavy atom. The first-order valence-electron chi connectivity index (χ1n) is 8.51. The Bertz CT molecular complexity index is 926. The van der Waals surface area contributed by atoms with Gasteiger partial charge in [0.25, 0.3) is 5.79 Å². The smallest absolute Gasteiger partial charge is 0.348 e. The van der Waals surface area contributed by atoms with Gasteiger partial charge in [0, 0.05) is 13.8 Å². The molecular formula is C21H19FO6. The summed E-state index contributed by atoms with van der Waals surface area (Å²) < 4.78 is 34.4. The van der Waals surface area contributed by atoms with Crippen molar-refractivity contribution >= 4 is 18.0 Å². The first-order chi connectivity index (χ1) is 13.3. The van der Waals surface area contributed by atoms with Crippen LogP contribution in [-0.4, -0.2) is 24.8 Å². The van der Waals surface area contributed by atoms with Crippen LogP contribution in [0.1, 0.15) is 25.0 Å². The van der Waals surface area contributed by atoms with E-state index in [2.05, 4.69) is 0 Å². The maximum Gasteiger partial charge on any atom is 0.348 e. The summed E-state index contributed by atoms with van der Waals surface area (Å²) >= 11 is 0. The Hall–Kier alpha value is -3.35. The average Bonchev–Trinajstić information content (AvgIpc) is 2.62. The summed E-state index contributed by atoms with van der Waals surface area (Å²) in [7, 11) is 1.47. The van der Waals surface area contributed by atoms with Crippen molar-refractivity contribution in [1.29, 1.82) is 0 Å². The topological polar surface area (TPSA) is 71.1 Å². The number of rotatable bonds is 5. The lowest BCUT2D eigenvalue weighted by Crippen LogP contribution is -2.41. The normalized spacial score (nSPS) is 15.5. The van der Waals surface area contributed by atoms with Crippen LogP contribution in [0.15, 0.2) is 48.0 Å². The summed E-state index contributed by atoms with van der Waals surface area (Å²) in [6.07, 6.45) is 1.36. The molecule has 0 aliphatic carbocycles. The number of carbonyl (C=O) groups excluding carboxylic acids is 2. The van der Waals surface area contributed by atoms with Gasteiger partial charge >= 0.3 is 11.9 Å². The fraction of sp³-hybridized carbons (Fsp3) is 0.238. The number of carbonyl (C=O) groups is 2. The third-order valence-electron chi connectivity index (χ3n) is 3.90. The molecule has 6 nitrogen and oxygen atoms in total. The van der Waals surface area contributed by atoms with Crippen molar-refractivity contribution in [2.45, 2.75) is 26.2 Å². The minimum atomic E-state index is -1.29. The zero-order chi connectivity index (χ0) is 20.3. The highest BCUT2D eigenvalue weighted by Crippen LogP contribution is 2.31. The highest BCUT2D eigenvalue weighted by Gasteiger charge is 2.38. The molecule has 0 unspecified atom stereocenters. The van der Waals surface area contributed by atoms with Crippen LogP contribution in [0, 0.1) is 5.82 Å². The molecule has 28 heavy (non-hydrogen) atoms. The standard InChI is InChI=1S/C21H19FO6/c1-21(2)27-19(23)16(20(24)28-21)10-13-7-8-17(18(11-13)25-3)26-12-14-5-4-6-15(22)9-14/h4-11H,12H2,1-3H3. The molecule has 0 bridgehead atoms. The third-order valence-corrected chi connectivity index (χ3v) is 3.90. The number of hydrogen-bond donors (Lipinski definition) is 0. The average molecular weight is 386 g/mol. The lowest BCUT2D eigenvalue weighted by atomic mass is 10.1. The van der Waals surface area contributed by atoms with Crippen LogP contribution in [0.3, 0.4) is 0 Å². The molecule has 0 atom stereocenters. The van der Waals surface area contributed by atoms with Gasteiger partial charge in [-0.3, -0.25) is 0 Å². The van der Waals surface area contributed by atoms with Gasteiger partial charge < -0.3 is 18.9 Å². The predicted molar refractivity (Wildman–Crippen MR) is 98.0 cm³/mol. The highest BCUT2D eigenvalue weighted by molar-refractivity contribution is 6.18. The minimum absolute atomic E-state index is 0.155. The van der Waals surface area contributed by atoms with Gasteiger partial charge in [0.05, 0.1) is 7.11 Å². The van der Waals surface area contributed by atoms with E-state index < -0.39 is 17.7 Å². The molecule has 1 saturated heterocycles. The van der Waals surface area contributed by atoms with Gasteiger partial charge in [-0.05, 0) is 41.5 Å². The number of hydrogen-bond acceptors (Lipinski definition) is 6. The zero-order valence-corrected chi connectivity index (χ0v) is 15.7. The van der Waals surface area contributed by atoms with Gasteiger partial charge in [0.15, 0.2) is 11.5 Å². The first kappa shape index (κ1) is 19.4. The Morgan fingerprint density at radius 2 is 1.75 bits per heavy atom. The zero-order valence-electron chi connectivity index (χ0n) is 15.7. The molecule has 1 aliphatic rings. The van der Waals surface area contributed by atoms with Crippen LogP contribution >= 0.6 is 0 Å². The molecule has 0 spiro atoms. The van der Waals surface area contributed by atoms with E-state index in [1.165, 1.54) is 39.2 Å². The molecule has 1 heterocycles. The molecule has 7 heteroatoms. The molecule has 0 N–H and O–H groups in total. The number of cyclic esters (lactones) is 2. The van der Waals surface area contributed by atoms with Crippen LogP contribution in [0.5, 0.6) is 11.5 Å². The van der Waals surface area contributed by atoms with Crippen LogP contribution in [0.25, 0.3) is 6.08 Å². The van der Waals surface area contributed by atoms with Crippen molar-refractivity contribution in [3.63, 3.8) is 0 Å². The lowest BCUT2D eigenvalue weighted by molar-refractivity contribution is -0.222. The maximum atomic E-state index is 13.3. The molecule has 146 valence electrons. The van der Waals surface area contributed by atoms with Crippen molar-refractivity contribution in [3.05, 3.63) is 65.0 Å². The summed E-state index contributed by atoms with van der Waals surface area (Å²) in [5.74, 6) is -2.33. The number of ether oxygens (including phenoxy) is 4. The number of esters is 2. The van der Waals surface area contributed by atoms with Crippen molar-refractivity contribution in [1.82, 2.24) is 0 Å². The van der Waals surface area contributed by atoms with Crippen LogP contribution in [0.4, 0.5) is 4.39 Å². The van der Waals surface area contributed by atoms with Crippen LogP contribution in [0.2, 0.25) is 0 Å². The second kappa shape index (κ2) is 7.72. The molecule has 2 aromatic rings. The largest absolute Gasteiger partial charge is 0.493 e. The molecule has 0 amide bonds. The fourth-order valence-electron chi connectivity index (χ4n) is 2.63. The predicted octanol–water partition coefficient (Wildman–Crippen LogP) is 3.63. The van der Waals surface area contributed by atoms with Gasteiger partial charge in [-0.1, -0.05) is 18.2 Å². The number of benzene rings is 2. The van der Waals surface area contributed by atoms with Gasteiger partial charge in [0.1, 0.15) is 18.0 Å². The Labute approximate surface area is 161 Å². The van der Waals surface area contributed by atoms with E-state index in [-0.39, 0.29) is 18.0 Å². The SMILES string of the molecule is COc1cc(C=C2C(=O)OC(C)(C)OC2=O)ccc1OCc1cccc(F)c1. The van der Waals surface area contributed by atoms with E-state index in [1.54, 1.807) is 30.3 Å². The monoisotopic (exact) mass is 386 g/mol. The molecular weight excluding hydrogens is 367 g/mol. The quantitative estimate of drug-likeness (QED) is 0.444. The minimum Gasteiger partial charge on any atom is -0.493 e. The Kier molecular flexibility index (Phi) is 5.35. The summed E-state index contributed by atoms with van der Waals surface area (Å²) in [5.41, 5.74) is 0.983. The van der Waals surface area contributed by atoms with Gasteiger partial charge in [-0.15, -0.1) is 0 Å². The Balaban J connectivity index is 1.79. The number of methoxy groups -OCH3 is 1. The van der Waals surface area contributed by atoms with Gasteiger partial charge in [-0.2, -0.15) is 0 Å². The molecule has 0 aromatic heterocycles. The summed E-state index contributed by atoms with van der Waals surface area (Å²) in [5, 5.41) is 0. The van der Waals surface area contributed by atoms with E-state index in [4.69, 9.17) is 18.9 Å². The lowest BCUT2D eigenvalue weighted by Gasteiger charge is -2.29. The summed E-state index contributed by atoms with van der Waals surface area (Å²) in [6.45, 7) is 3.11. The maximum absolute atomic E-state index is 13.3. The van der Waals surface area contributed by atoms with E-state index in [9.17, 15) is 14.0 Å². The molecule has 3 rings (SSSR count). The van der Waals surface area contributed by atoms with E-state index >= 15 is 0 Å². The van der Waals surface area contributed by atoms with E-state index in [0.717, 1.165) is 0 Å². The van der Waals surface area contributed by atoms with Crippen LogP contribution < -0.4 is 9.47 Å². The summed E-state index contributed by atoms with van der Waals surface area (Å²) in [6, 6.07) is 11.0. The van der Waals surface area contributed by atoms with Crippen molar-refractivity contribution in [2.75, 3.05) is 7.11 Å². The van der Waals surface area contributed by atoms with Gasteiger partial charge in [-0.25, -0.2) is 14.0 Å². The Morgan fingerprint density at radius 1 is 1.04 bits per heavy atom. The van der Waals surface area contributed by atoms with E-state index in [1.807, 2.05) is 0 Å². The van der Waals surface area contributed by atoms with Crippen molar-refractivity contribution in [3.8, 4) is 11.5 Å². The molecule has 0 saturated carbocycles. The summed E-state index contributed by atoms with van der Waals surface area (Å²) in [4.78, 5) is 24.1. The molecule has 0 radical (unpaired) electrons. The highest BCUT2D eigenvalue weighted by atomic mass is 19.1. The third kappa shape index (κ3) is 4.49. The van der Waals surface area contributed by atoms with Gasteiger partial charge in [0.2, 0.25) is 0 Å². The molecule has 2 aromatic carbocycles. The second-order valence-electron chi connectivity index (χ2n) is 6.57. The van der Waals surface area contributed by atoms with Crippen LogP contribution in [-0.2, 0) is 25.7 Å². The first-order valence-corrected chi connectivity index (χ1v) is 8.51. The van der Waals surface area contributed by atoms with Crippen molar-refractivity contribution in [2.24, 2.45) is 0 Å². The number of halogens is 1. The van der Waals surface area contributed by atoms with Crippen molar-refractivity contribution < 1.29 is 32.9 Å². The molecule has 1 fully saturated rings. The van der Waals surface area contributed by atoms with E-state index in [0.29, 0.717) is 22.6 Å². The molecule has 1 aliphatic heterocycles. The fourth-order valence-corrected chi connectivity index (χ4v) is 2.63. The second-order valence-corrected chi connectivity index (χ2v) is 6.57.